The monoisotopic (exact) mass is 436 g/mol. The van der Waals surface area contributed by atoms with Crippen molar-refractivity contribution in [2.45, 2.75) is 32.7 Å². The summed E-state index contributed by atoms with van der Waals surface area (Å²) in [6, 6.07) is 11.5. The van der Waals surface area contributed by atoms with Gasteiger partial charge in [-0.3, -0.25) is 14.6 Å². The number of carbonyl (C=O) groups is 2. The van der Waals surface area contributed by atoms with Crippen LogP contribution in [0.3, 0.4) is 0 Å². The molecule has 2 aliphatic rings. The zero-order valence-electron chi connectivity index (χ0n) is 18.9. The van der Waals surface area contributed by atoms with Gasteiger partial charge in [-0.15, -0.1) is 0 Å². The summed E-state index contributed by atoms with van der Waals surface area (Å²) < 4.78 is 5.42. The molecule has 1 N–H and O–H groups in total. The molecule has 7 nitrogen and oxygen atoms in total. The van der Waals surface area contributed by atoms with E-state index in [4.69, 9.17) is 4.74 Å². The molecule has 3 heterocycles. The fraction of sp³-hybridized carbons (Fsp3) is 0.480. The number of nitrogens with one attached hydrogen (secondary N) is 1. The van der Waals surface area contributed by atoms with Gasteiger partial charge in [0.05, 0.1) is 25.2 Å². The number of morpholine rings is 1. The molecule has 0 bridgehead atoms. The van der Waals surface area contributed by atoms with Crippen LogP contribution >= 0.6 is 0 Å². The summed E-state index contributed by atoms with van der Waals surface area (Å²) in [6.07, 6.45) is 4.41. The van der Waals surface area contributed by atoms with E-state index < -0.39 is 0 Å². The first-order valence-electron chi connectivity index (χ1n) is 11.5. The first-order chi connectivity index (χ1) is 15.5. The molecule has 2 fully saturated rings. The van der Waals surface area contributed by atoms with Crippen molar-refractivity contribution < 1.29 is 14.3 Å². The second-order valence-electron chi connectivity index (χ2n) is 8.95. The molecule has 0 spiro atoms. The summed E-state index contributed by atoms with van der Waals surface area (Å²) in [4.78, 5) is 34.6. The lowest BCUT2D eigenvalue weighted by Crippen LogP contribution is -2.48. The number of pyridine rings is 1. The van der Waals surface area contributed by atoms with Crippen molar-refractivity contribution >= 4 is 23.2 Å². The maximum atomic E-state index is 13.4. The molecule has 0 saturated carbocycles. The van der Waals surface area contributed by atoms with Gasteiger partial charge in [-0.25, -0.2) is 0 Å². The number of carbonyl (C=O) groups excluding carboxylic acids is 2. The van der Waals surface area contributed by atoms with Gasteiger partial charge in [0.25, 0.3) is 0 Å². The van der Waals surface area contributed by atoms with Crippen LogP contribution in [-0.4, -0.2) is 54.5 Å². The molecule has 170 valence electrons. The number of hydrogen-bond acceptors (Lipinski definition) is 5. The maximum Gasteiger partial charge on any atom is 0.229 e. The number of aromatic nitrogens is 1. The fourth-order valence-corrected chi connectivity index (χ4v) is 4.61. The Bertz CT molecular complexity index is 911. The van der Waals surface area contributed by atoms with Gasteiger partial charge in [0, 0.05) is 49.8 Å². The quantitative estimate of drug-likeness (QED) is 0.750. The third-order valence-corrected chi connectivity index (χ3v) is 6.14. The molecule has 0 radical (unpaired) electrons. The number of likely N-dealkylation sites (tertiary alicyclic amines) is 1. The lowest BCUT2D eigenvalue weighted by Gasteiger charge is -2.41. The summed E-state index contributed by atoms with van der Waals surface area (Å²) in [5.41, 5.74) is 2.80. The zero-order chi connectivity index (χ0) is 22.5. The minimum absolute atomic E-state index is 0.0563. The van der Waals surface area contributed by atoms with Crippen molar-refractivity contribution in [3.63, 3.8) is 0 Å². The Kier molecular flexibility index (Phi) is 7.05. The highest BCUT2D eigenvalue weighted by atomic mass is 16.5. The van der Waals surface area contributed by atoms with Crippen LogP contribution in [0.2, 0.25) is 0 Å². The van der Waals surface area contributed by atoms with Gasteiger partial charge in [0.2, 0.25) is 11.8 Å². The van der Waals surface area contributed by atoms with Gasteiger partial charge < -0.3 is 19.9 Å². The van der Waals surface area contributed by atoms with Crippen molar-refractivity contribution in [2.24, 2.45) is 11.8 Å². The summed E-state index contributed by atoms with van der Waals surface area (Å²) in [6.45, 7) is 8.03. The van der Waals surface area contributed by atoms with Gasteiger partial charge >= 0.3 is 0 Å². The molecule has 0 aliphatic carbocycles. The number of hydrogen-bond donors (Lipinski definition) is 1. The fourth-order valence-electron chi connectivity index (χ4n) is 4.61. The predicted octanol–water partition coefficient (Wildman–Crippen LogP) is 3.49. The van der Waals surface area contributed by atoms with Crippen LogP contribution in [0.4, 0.5) is 11.4 Å². The van der Waals surface area contributed by atoms with Gasteiger partial charge in [-0.2, -0.15) is 0 Å². The van der Waals surface area contributed by atoms with E-state index in [1.165, 1.54) is 0 Å². The Morgan fingerprint density at radius 1 is 1.19 bits per heavy atom. The first kappa shape index (κ1) is 22.3. The largest absolute Gasteiger partial charge is 0.378 e. The summed E-state index contributed by atoms with van der Waals surface area (Å²) >= 11 is 0. The number of amides is 2. The topological polar surface area (TPSA) is 74.8 Å². The third-order valence-electron chi connectivity index (χ3n) is 6.14. The van der Waals surface area contributed by atoms with Crippen molar-refractivity contribution in [1.82, 2.24) is 9.88 Å². The van der Waals surface area contributed by atoms with Crippen molar-refractivity contribution in [1.29, 1.82) is 0 Å². The molecular formula is C25H32N4O3. The Labute approximate surface area is 189 Å². The van der Waals surface area contributed by atoms with Crippen LogP contribution < -0.4 is 10.2 Å². The molecule has 7 heteroatoms. The van der Waals surface area contributed by atoms with E-state index in [1.807, 2.05) is 41.3 Å². The predicted molar refractivity (Wildman–Crippen MR) is 124 cm³/mol. The Morgan fingerprint density at radius 3 is 2.59 bits per heavy atom. The summed E-state index contributed by atoms with van der Waals surface area (Å²) in [7, 11) is 0. The molecule has 1 aromatic carbocycles. The van der Waals surface area contributed by atoms with Crippen molar-refractivity contribution in [3.05, 3.63) is 54.4 Å². The molecular weight excluding hydrogens is 404 g/mol. The van der Waals surface area contributed by atoms with Gasteiger partial charge in [-0.1, -0.05) is 19.9 Å². The average Bonchev–Trinajstić information content (AvgIpc) is 2.81. The normalized spacial score (nSPS) is 21.7. The number of nitrogens with zero attached hydrogens (tertiary/aromatic N) is 3. The molecule has 32 heavy (non-hydrogen) atoms. The molecule has 2 aliphatic heterocycles. The van der Waals surface area contributed by atoms with Crippen molar-refractivity contribution in [3.8, 4) is 0 Å². The molecule has 4 rings (SSSR count). The molecule has 2 saturated heterocycles. The Hall–Kier alpha value is -2.93. The van der Waals surface area contributed by atoms with Crippen LogP contribution in [0.25, 0.3) is 0 Å². The maximum absolute atomic E-state index is 13.4. The van der Waals surface area contributed by atoms with E-state index in [-0.39, 0.29) is 23.8 Å². The summed E-state index contributed by atoms with van der Waals surface area (Å²) in [5, 5.41) is 3.09. The highest BCUT2D eigenvalue weighted by Crippen LogP contribution is 2.37. The molecule has 0 unspecified atom stereocenters. The van der Waals surface area contributed by atoms with Gasteiger partial charge in [0.15, 0.2) is 0 Å². The van der Waals surface area contributed by atoms with E-state index in [1.54, 1.807) is 12.4 Å². The molecule has 1 aromatic heterocycles. The van der Waals surface area contributed by atoms with E-state index in [2.05, 4.69) is 29.0 Å². The second kappa shape index (κ2) is 10.1. The standard InChI is InChI=1S/C25H32N4O3/c1-18(2)17-29-23(30)10-9-22(24(29)19-4-3-11-26-16-19)25(31)27-20-5-7-21(8-6-20)28-12-14-32-15-13-28/h3-8,11,16,18,22,24H,9-10,12-15,17H2,1-2H3,(H,27,31)/t22-,24+/m1/s1. The van der Waals surface area contributed by atoms with Crippen LogP contribution in [0, 0.1) is 11.8 Å². The Balaban J connectivity index is 1.52. The third kappa shape index (κ3) is 5.10. The minimum Gasteiger partial charge on any atom is -0.378 e. The number of ether oxygens (including phenoxy) is 1. The van der Waals surface area contributed by atoms with Crippen LogP contribution in [-0.2, 0) is 14.3 Å². The number of benzene rings is 1. The van der Waals surface area contributed by atoms with Crippen LogP contribution in [0.15, 0.2) is 48.8 Å². The second-order valence-corrected chi connectivity index (χ2v) is 8.95. The van der Waals surface area contributed by atoms with E-state index in [0.717, 1.165) is 43.2 Å². The van der Waals surface area contributed by atoms with Gasteiger partial charge in [0.1, 0.15) is 0 Å². The average molecular weight is 437 g/mol. The minimum atomic E-state index is -0.324. The van der Waals surface area contributed by atoms with E-state index in [0.29, 0.717) is 25.3 Å². The molecule has 2 amide bonds. The van der Waals surface area contributed by atoms with Gasteiger partial charge in [-0.05, 0) is 48.2 Å². The molecule has 2 aromatic rings. The SMILES string of the molecule is CC(C)CN1C(=O)CC[C@@H](C(=O)Nc2ccc(N3CCOCC3)cc2)[C@@H]1c1cccnc1. The van der Waals surface area contributed by atoms with E-state index in [9.17, 15) is 9.59 Å². The van der Waals surface area contributed by atoms with Crippen LogP contribution in [0.5, 0.6) is 0 Å². The lowest BCUT2D eigenvalue weighted by atomic mass is 9.83. The van der Waals surface area contributed by atoms with Crippen LogP contribution in [0.1, 0.15) is 38.3 Å². The van der Waals surface area contributed by atoms with E-state index >= 15 is 0 Å². The smallest absolute Gasteiger partial charge is 0.229 e. The lowest BCUT2D eigenvalue weighted by molar-refractivity contribution is -0.142. The molecule has 2 atom stereocenters. The highest BCUT2D eigenvalue weighted by molar-refractivity contribution is 5.94. The number of piperidine rings is 1. The summed E-state index contributed by atoms with van der Waals surface area (Å²) in [5.74, 6) is 0.0351. The number of anilines is 2. The zero-order valence-corrected chi connectivity index (χ0v) is 18.9. The Morgan fingerprint density at radius 2 is 1.94 bits per heavy atom. The highest BCUT2D eigenvalue weighted by Gasteiger charge is 2.40. The first-order valence-corrected chi connectivity index (χ1v) is 11.5. The number of rotatable bonds is 6. The van der Waals surface area contributed by atoms with Crippen molar-refractivity contribution in [2.75, 3.05) is 43.1 Å².